The average molecular weight is 453 g/mol. The van der Waals surface area contributed by atoms with Crippen molar-refractivity contribution in [2.75, 3.05) is 4.90 Å². The van der Waals surface area contributed by atoms with E-state index >= 15 is 0 Å². The van der Waals surface area contributed by atoms with Gasteiger partial charge in [-0.25, -0.2) is 4.39 Å². The lowest BCUT2D eigenvalue weighted by Crippen LogP contribution is -2.50. The van der Waals surface area contributed by atoms with Gasteiger partial charge in [-0.3, -0.25) is 19.3 Å². The second-order valence-electron chi connectivity index (χ2n) is 8.60. The number of halogens is 2. The summed E-state index contributed by atoms with van der Waals surface area (Å²) in [6.45, 7) is 3.76. The maximum Gasteiger partial charge on any atom is 0.236 e. The molecule has 2 aromatic rings. The normalized spacial score (nSPS) is 26.8. The largest absolute Gasteiger partial charge is 0.352 e. The number of amides is 2. The van der Waals surface area contributed by atoms with Gasteiger partial charge < -0.3 is 4.90 Å². The summed E-state index contributed by atoms with van der Waals surface area (Å²) in [4.78, 5) is 44.0. The van der Waals surface area contributed by atoms with Gasteiger partial charge >= 0.3 is 0 Å². The van der Waals surface area contributed by atoms with Gasteiger partial charge in [0.2, 0.25) is 11.8 Å². The number of hydrogen-bond acceptors (Lipinski definition) is 4. The molecule has 3 aliphatic heterocycles. The minimum Gasteiger partial charge on any atom is -0.352 e. The number of ketones is 1. The van der Waals surface area contributed by atoms with Gasteiger partial charge in [0.05, 0.1) is 22.9 Å². The van der Waals surface area contributed by atoms with Crippen molar-refractivity contribution in [2.45, 2.75) is 38.4 Å². The van der Waals surface area contributed by atoms with Crippen molar-refractivity contribution in [3.05, 3.63) is 70.5 Å². The molecule has 0 N–H and O–H groups in total. The van der Waals surface area contributed by atoms with Crippen molar-refractivity contribution in [1.82, 2.24) is 4.90 Å². The molecular weight excluding hydrogens is 431 g/mol. The molecule has 2 fully saturated rings. The van der Waals surface area contributed by atoms with E-state index in [9.17, 15) is 18.8 Å². The summed E-state index contributed by atoms with van der Waals surface area (Å²) < 4.78 is 13.9. The van der Waals surface area contributed by atoms with Crippen molar-refractivity contribution >= 4 is 41.0 Å². The molecule has 2 saturated heterocycles. The van der Waals surface area contributed by atoms with Gasteiger partial charge in [-0.1, -0.05) is 42.8 Å². The summed E-state index contributed by atoms with van der Waals surface area (Å²) in [6.07, 6.45) is 4.21. The fraction of sp³-hybridized carbons (Fsp3) is 0.320. The summed E-state index contributed by atoms with van der Waals surface area (Å²) in [5.74, 6) is -2.80. The highest BCUT2D eigenvalue weighted by atomic mass is 35.5. The van der Waals surface area contributed by atoms with E-state index in [4.69, 9.17) is 11.6 Å². The lowest BCUT2D eigenvalue weighted by Gasteiger charge is -2.37. The number of carbonyl (C=O) groups is 3. The molecule has 0 radical (unpaired) electrons. The Hall–Kier alpha value is -2.99. The first-order chi connectivity index (χ1) is 15.3. The molecule has 5 atom stereocenters. The van der Waals surface area contributed by atoms with Crippen LogP contribution in [0.5, 0.6) is 0 Å². The Balaban J connectivity index is 1.68. The molecule has 5 unspecified atom stereocenters. The smallest absolute Gasteiger partial charge is 0.236 e. The van der Waals surface area contributed by atoms with E-state index in [1.807, 2.05) is 24.8 Å². The number of fused-ring (bicyclic) bond motifs is 5. The van der Waals surface area contributed by atoms with Crippen molar-refractivity contribution < 1.29 is 18.8 Å². The molecule has 5 rings (SSSR count). The van der Waals surface area contributed by atoms with Crippen LogP contribution in [0.1, 0.15) is 36.2 Å². The minimum absolute atomic E-state index is 0.251. The lowest BCUT2D eigenvalue weighted by atomic mass is 9.86. The third-order valence-electron chi connectivity index (χ3n) is 6.94. The van der Waals surface area contributed by atoms with Crippen LogP contribution >= 0.6 is 11.6 Å². The average Bonchev–Trinajstić information content (AvgIpc) is 3.26. The lowest BCUT2D eigenvalue weighted by molar-refractivity contribution is -0.142. The van der Waals surface area contributed by atoms with Crippen LogP contribution in [-0.2, 0) is 9.59 Å². The Morgan fingerprint density at radius 1 is 1.12 bits per heavy atom. The SMILES string of the molecule is CCC(C)N1C(=O)C2C(C1=O)C(C(=O)c1ccccc1Cl)N1c3ccc(F)cc3C=CC21. The van der Waals surface area contributed by atoms with E-state index in [0.717, 1.165) is 0 Å². The molecule has 0 aromatic heterocycles. The highest BCUT2D eigenvalue weighted by molar-refractivity contribution is 6.34. The van der Waals surface area contributed by atoms with Crippen LogP contribution in [0, 0.1) is 17.7 Å². The topological polar surface area (TPSA) is 57.7 Å². The van der Waals surface area contributed by atoms with Crippen LogP contribution in [0.3, 0.4) is 0 Å². The first-order valence-electron chi connectivity index (χ1n) is 10.8. The molecule has 2 aromatic carbocycles. The Labute approximate surface area is 190 Å². The van der Waals surface area contributed by atoms with Crippen LogP contribution < -0.4 is 4.90 Å². The van der Waals surface area contributed by atoms with Gasteiger partial charge in [0.25, 0.3) is 0 Å². The summed E-state index contributed by atoms with van der Waals surface area (Å²) in [5, 5.41) is 0.292. The predicted octanol–water partition coefficient (Wildman–Crippen LogP) is 4.35. The van der Waals surface area contributed by atoms with E-state index in [-0.39, 0.29) is 23.6 Å². The maximum absolute atomic E-state index is 13.9. The molecule has 3 aliphatic rings. The van der Waals surface area contributed by atoms with E-state index in [1.165, 1.54) is 17.0 Å². The van der Waals surface area contributed by atoms with Crippen molar-refractivity contribution in [3.8, 4) is 0 Å². The van der Waals surface area contributed by atoms with Crippen molar-refractivity contribution in [2.24, 2.45) is 11.8 Å². The highest BCUT2D eigenvalue weighted by Gasteiger charge is 2.64. The van der Waals surface area contributed by atoms with Crippen LogP contribution in [-0.4, -0.2) is 40.6 Å². The Morgan fingerprint density at radius 3 is 2.56 bits per heavy atom. The van der Waals surface area contributed by atoms with Gasteiger partial charge in [0.1, 0.15) is 11.9 Å². The Bertz CT molecular complexity index is 1180. The summed E-state index contributed by atoms with van der Waals surface area (Å²) in [5.41, 5.74) is 1.55. The second-order valence-corrected chi connectivity index (χ2v) is 9.01. The molecule has 0 spiro atoms. The number of rotatable bonds is 4. The summed E-state index contributed by atoms with van der Waals surface area (Å²) >= 11 is 6.34. The molecule has 5 nitrogen and oxygen atoms in total. The van der Waals surface area contributed by atoms with Gasteiger partial charge in [-0.15, -0.1) is 0 Å². The van der Waals surface area contributed by atoms with E-state index in [2.05, 4.69) is 0 Å². The number of Topliss-reactive ketones (excluding diaryl/α,β-unsaturated/α-hetero) is 1. The highest BCUT2D eigenvalue weighted by Crippen LogP contribution is 2.49. The molecule has 2 amide bonds. The molecule has 7 heteroatoms. The fourth-order valence-electron chi connectivity index (χ4n) is 5.30. The molecule has 0 aliphatic carbocycles. The number of anilines is 1. The number of imide groups is 1. The van der Waals surface area contributed by atoms with E-state index in [0.29, 0.717) is 28.3 Å². The van der Waals surface area contributed by atoms with Gasteiger partial charge in [0, 0.05) is 22.9 Å². The van der Waals surface area contributed by atoms with Gasteiger partial charge in [-0.2, -0.15) is 0 Å². The summed E-state index contributed by atoms with van der Waals surface area (Å²) in [7, 11) is 0. The Kier molecular flexibility index (Phi) is 4.93. The zero-order valence-electron chi connectivity index (χ0n) is 17.7. The van der Waals surface area contributed by atoms with Gasteiger partial charge in [-0.05, 0) is 43.7 Å². The predicted molar refractivity (Wildman–Crippen MR) is 120 cm³/mol. The molecule has 0 bridgehead atoms. The van der Waals surface area contributed by atoms with Crippen LogP contribution in [0.15, 0.2) is 48.5 Å². The first-order valence-corrected chi connectivity index (χ1v) is 11.1. The van der Waals surface area contributed by atoms with Crippen LogP contribution in [0.25, 0.3) is 6.08 Å². The molecule has 32 heavy (non-hydrogen) atoms. The van der Waals surface area contributed by atoms with Crippen molar-refractivity contribution in [3.63, 3.8) is 0 Å². The van der Waals surface area contributed by atoms with Crippen LogP contribution in [0.4, 0.5) is 10.1 Å². The Morgan fingerprint density at radius 2 is 1.84 bits per heavy atom. The number of benzene rings is 2. The monoisotopic (exact) mass is 452 g/mol. The molecular formula is C25H22ClFN2O3. The molecule has 0 saturated carbocycles. The first kappa shape index (κ1) is 20.9. The minimum atomic E-state index is -0.912. The molecule has 3 heterocycles. The van der Waals surface area contributed by atoms with Crippen molar-refractivity contribution in [1.29, 1.82) is 0 Å². The maximum atomic E-state index is 13.9. The zero-order valence-corrected chi connectivity index (χ0v) is 18.4. The standard InChI is InChI=1S/C25H22ClFN2O3/c1-3-13(2)28-24(31)20-19-10-8-14-12-15(27)9-11-18(14)29(19)22(21(20)25(28)32)23(30)16-6-4-5-7-17(16)26/h4-13,19-22H,3H2,1-2H3. The van der Waals surface area contributed by atoms with E-state index in [1.54, 1.807) is 36.4 Å². The second kappa shape index (κ2) is 7.55. The third-order valence-corrected chi connectivity index (χ3v) is 7.27. The number of nitrogens with zero attached hydrogens (tertiary/aromatic N) is 2. The number of likely N-dealkylation sites (tertiary alicyclic amines) is 1. The summed E-state index contributed by atoms with van der Waals surface area (Å²) in [6, 6.07) is 9.40. The molecule has 164 valence electrons. The van der Waals surface area contributed by atoms with Gasteiger partial charge in [0.15, 0.2) is 5.78 Å². The number of hydrogen-bond donors (Lipinski definition) is 0. The van der Waals surface area contributed by atoms with E-state index < -0.39 is 29.7 Å². The quantitative estimate of drug-likeness (QED) is 0.511. The van der Waals surface area contributed by atoms with Crippen LogP contribution in [0.2, 0.25) is 5.02 Å². The fourth-order valence-corrected chi connectivity index (χ4v) is 5.53. The third kappa shape index (κ3) is 2.85. The zero-order chi connectivity index (χ0) is 22.7. The number of carbonyl (C=O) groups excluding carboxylic acids is 3.